The van der Waals surface area contributed by atoms with Gasteiger partial charge in [0.25, 0.3) is 0 Å². The van der Waals surface area contributed by atoms with Gasteiger partial charge in [0.05, 0.1) is 24.2 Å². The first-order valence-corrected chi connectivity index (χ1v) is 9.21. The maximum atomic E-state index is 9.93. The van der Waals surface area contributed by atoms with E-state index in [0.717, 1.165) is 22.8 Å². The number of para-hydroxylation sites is 2. The van der Waals surface area contributed by atoms with Gasteiger partial charge in [0.1, 0.15) is 18.4 Å². The Morgan fingerprint density at radius 3 is 2.69 bits per heavy atom. The zero-order valence-electron chi connectivity index (χ0n) is 15.2. The number of rotatable bonds is 3. The molecule has 0 fully saturated rings. The highest BCUT2D eigenvalue weighted by Gasteiger charge is 2.40. The second kappa shape index (κ2) is 6.01. The maximum Gasteiger partial charge on any atom is 0.183 e. The fraction of sp³-hybridized carbons (Fsp3) is 0.100. The van der Waals surface area contributed by atoms with Crippen LogP contribution in [0, 0.1) is 0 Å². The van der Waals surface area contributed by atoms with E-state index in [1.807, 2.05) is 57.0 Å². The SMILES string of the molecule is OCc1nnn(-c2ccccc2)c1N1C=NC2c3ccccc3-n3cncc3N21. The third-order valence-electron chi connectivity index (χ3n) is 5.19. The van der Waals surface area contributed by atoms with E-state index in [1.54, 1.807) is 23.5 Å². The van der Waals surface area contributed by atoms with Gasteiger partial charge in [-0.3, -0.25) is 4.57 Å². The van der Waals surface area contributed by atoms with Gasteiger partial charge in [0, 0.05) is 5.56 Å². The van der Waals surface area contributed by atoms with Crippen molar-refractivity contribution < 1.29 is 5.11 Å². The van der Waals surface area contributed by atoms with Crippen molar-refractivity contribution in [2.75, 3.05) is 10.0 Å². The van der Waals surface area contributed by atoms with Gasteiger partial charge in [-0.2, -0.15) is 4.68 Å². The molecular weight excluding hydrogens is 368 g/mol. The average Bonchev–Trinajstić information content (AvgIpc) is 3.51. The summed E-state index contributed by atoms with van der Waals surface area (Å²) < 4.78 is 3.74. The number of hydrogen-bond acceptors (Lipinski definition) is 7. The highest BCUT2D eigenvalue weighted by atomic mass is 16.3. The summed E-state index contributed by atoms with van der Waals surface area (Å²) in [5.74, 6) is 1.51. The van der Waals surface area contributed by atoms with Crippen LogP contribution in [0.3, 0.4) is 0 Å². The van der Waals surface area contributed by atoms with Gasteiger partial charge >= 0.3 is 0 Å². The van der Waals surface area contributed by atoms with E-state index in [9.17, 15) is 5.11 Å². The molecule has 1 unspecified atom stereocenters. The number of fused-ring (bicyclic) bond motifs is 6. The molecule has 2 aliphatic rings. The van der Waals surface area contributed by atoms with Crippen LogP contribution in [0.15, 0.2) is 72.1 Å². The minimum atomic E-state index is -0.235. The fourth-order valence-corrected chi connectivity index (χ4v) is 3.92. The van der Waals surface area contributed by atoms with E-state index in [-0.39, 0.29) is 12.8 Å². The second-order valence-electron chi connectivity index (χ2n) is 6.77. The summed E-state index contributed by atoms with van der Waals surface area (Å²) >= 11 is 0. The molecule has 0 radical (unpaired) electrons. The van der Waals surface area contributed by atoms with Crippen LogP contribution in [-0.2, 0) is 6.61 Å². The molecule has 4 aromatic rings. The van der Waals surface area contributed by atoms with E-state index in [4.69, 9.17) is 4.99 Å². The van der Waals surface area contributed by atoms with E-state index in [2.05, 4.69) is 27.4 Å². The molecule has 0 aliphatic carbocycles. The van der Waals surface area contributed by atoms with E-state index < -0.39 is 0 Å². The van der Waals surface area contributed by atoms with Crippen molar-refractivity contribution in [3.8, 4) is 11.4 Å². The Morgan fingerprint density at radius 1 is 1.00 bits per heavy atom. The normalized spacial score (nSPS) is 16.7. The van der Waals surface area contributed by atoms with Gasteiger partial charge in [0.2, 0.25) is 0 Å². The van der Waals surface area contributed by atoms with E-state index in [0.29, 0.717) is 11.5 Å². The molecule has 0 saturated carbocycles. The van der Waals surface area contributed by atoms with Gasteiger partial charge in [-0.1, -0.05) is 41.6 Å². The number of aromatic nitrogens is 5. The Kier molecular flexibility index (Phi) is 3.32. The van der Waals surface area contributed by atoms with Gasteiger partial charge in [-0.25, -0.2) is 20.0 Å². The van der Waals surface area contributed by atoms with E-state index in [1.165, 1.54) is 0 Å². The van der Waals surface area contributed by atoms with Crippen LogP contribution in [0.1, 0.15) is 17.4 Å². The topological polar surface area (TPSA) is 87.6 Å². The Bertz CT molecular complexity index is 1230. The largest absolute Gasteiger partial charge is 0.390 e. The molecule has 0 spiro atoms. The highest BCUT2D eigenvalue weighted by Crippen LogP contribution is 2.43. The lowest BCUT2D eigenvalue weighted by molar-refractivity contribution is 0.277. The first-order valence-electron chi connectivity index (χ1n) is 9.21. The number of aliphatic hydroxyl groups is 1. The molecule has 142 valence electrons. The number of anilines is 2. The third kappa shape index (κ3) is 2.18. The fourth-order valence-electron chi connectivity index (χ4n) is 3.92. The lowest BCUT2D eigenvalue weighted by Gasteiger charge is -2.37. The van der Waals surface area contributed by atoms with Crippen LogP contribution >= 0.6 is 0 Å². The highest BCUT2D eigenvalue weighted by molar-refractivity contribution is 5.87. The smallest absolute Gasteiger partial charge is 0.183 e. The minimum Gasteiger partial charge on any atom is -0.390 e. The Balaban J connectivity index is 1.54. The summed E-state index contributed by atoms with van der Waals surface area (Å²) in [6.07, 6.45) is 5.11. The van der Waals surface area contributed by atoms with Crippen molar-refractivity contribution in [1.29, 1.82) is 0 Å². The number of hydrogen-bond donors (Lipinski definition) is 1. The summed E-state index contributed by atoms with van der Waals surface area (Å²) in [6, 6.07) is 17.8. The number of benzene rings is 2. The number of nitrogens with zero attached hydrogens (tertiary/aromatic N) is 8. The van der Waals surface area contributed by atoms with Crippen molar-refractivity contribution in [2.24, 2.45) is 4.99 Å². The van der Waals surface area contributed by atoms with Crippen molar-refractivity contribution in [1.82, 2.24) is 24.5 Å². The molecule has 2 aromatic carbocycles. The van der Waals surface area contributed by atoms with Gasteiger partial charge in [-0.05, 0) is 18.2 Å². The number of aliphatic hydroxyl groups excluding tert-OH is 1. The summed E-state index contributed by atoms with van der Waals surface area (Å²) in [5.41, 5.74) is 3.43. The summed E-state index contributed by atoms with van der Waals surface area (Å²) in [5, 5.41) is 22.3. The van der Waals surface area contributed by atoms with Gasteiger partial charge < -0.3 is 5.11 Å². The van der Waals surface area contributed by atoms with Crippen molar-refractivity contribution >= 4 is 18.0 Å². The van der Waals surface area contributed by atoms with Crippen LogP contribution in [0.4, 0.5) is 11.6 Å². The lowest BCUT2D eigenvalue weighted by atomic mass is 10.1. The molecule has 2 aromatic heterocycles. The van der Waals surface area contributed by atoms with Crippen molar-refractivity contribution in [3.63, 3.8) is 0 Å². The molecule has 29 heavy (non-hydrogen) atoms. The number of aliphatic imine (C=N–C) groups is 1. The molecule has 4 heterocycles. The second-order valence-corrected chi connectivity index (χ2v) is 6.77. The van der Waals surface area contributed by atoms with Crippen LogP contribution < -0.4 is 10.0 Å². The van der Waals surface area contributed by atoms with Crippen LogP contribution in [0.25, 0.3) is 11.4 Å². The predicted molar refractivity (Wildman–Crippen MR) is 107 cm³/mol. The molecule has 1 atom stereocenters. The lowest BCUT2D eigenvalue weighted by Crippen LogP contribution is -2.43. The molecule has 0 bridgehead atoms. The van der Waals surface area contributed by atoms with Crippen molar-refractivity contribution in [3.05, 3.63) is 78.4 Å². The van der Waals surface area contributed by atoms with Crippen LogP contribution in [-0.4, -0.2) is 36.0 Å². The monoisotopic (exact) mass is 384 g/mol. The minimum absolute atomic E-state index is 0.235. The molecule has 0 amide bonds. The van der Waals surface area contributed by atoms with Gasteiger partial charge in [-0.15, -0.1) is 5.10 Å². The molecule has 9 heteroatoms. The van der Waals surface area contributed by atoms with Crippen molar-refractivity contribution in [2.45, 2.75) is 12.8 Å². The number of imidazole rings is 1. The predicted octanol–water partition coefficient (Wildman–Crippen LogP) is 2.23. The summed E-state index contributed by atoms with van der Waals surface area (Å²) in [4.78, 5) is 9.11. The quantitative estimate of drug-likeness (QED) is 0.583. The molecule has 1 N–H and O–H groups in total. The van der Waals surface area contributed by atoms with Crippen LogP contribution in [0.2, 0.25) is 0 Å². The average molecular weight is 384 g/mol. The summed E-state index contributed by atoms with van der Waals surface area (Å²) in [7, 11) is 0. The number of hydrazine groups is 1. The van der Waals surface area contributed by atoms with Gasteiger partial charge in [0.15, 0.2) is 17.8 Å². The molecular formula is C20H16N8O. The maximum absolute atomic E-state index is 9.93. The molecule has 6 rings (SSSR count). The standard InChI is InChI=1S/C20H16N8O/c29-11-16-20(27(24-23-16)14-6-2-1-3-7-14)26-13-22-19-15-8-4-5-9-17(15)25-12-21-10-18(25)28(19)26/h1-10,12-13,19,29H,11H2. The molecule has 9 nitrogen and oxygen atoms in total. The first-order chi connectivity index (χ1) is 14.4. The third-order valence-corrected chi connectivity index (χ3v) is 5.19. The van der Waals surface area contributed by atoms with Crippen LogP contribution in [0.5, 0.6) is 0 Å². The molecule has 2 aliphatic heterocycles. The first kappa shape index (κ1) is 16.0. The Labute approximate surface area is 165 Å². The zero-order valence-corrected chi connectivity index (χ0v) is 15.2. The molecule has 0 saturated heterocycles. The zero-order chi connectivity index (χ0) is 19.4. The summed E-state index contributed by atoms with van der Waals surface area (Å²) in [6.45, 7) is -0.235. The Morgan fingerprint density at radius 2 is 1.83 bits per heavy atom. The Hall–Kier alpha value is -3.98. The van der Waals surface area contributed by atoms with E-state index >= 15 is 0 Å².